The minimum atomic E-state index is -0.513. The van der Waals surface area contributed by atoms with Crippen LogP contribution in [-0.2, 0) is 14.2 Å². The quantitative estimate of drug-likeness (QED) is 0.0929. The van der Waals surface area contributed by atoms with Crippen molar-refractivity contribution in [1.29, 1.82) is 0 Å². The van der Waals surface area contributed by atoms with Crippen molar-refractivity contribution in [3.63, 3.8) is 0 Å². The molecule has 7 rings (SSSR count). The Morgan fingerprint density at radius 3 is 1.22 bits per heavy atom. The van der Waals surface area contributed by atoms with Gasteiger partial charge >= 0.3 is 12.2 Å². The van der Waals surface area contributed by atoms with Crippen LogP contribution in [0.1, 0.15) is 41.0 Å². The minimum absolute atomic E-state index is 0.0163. The van der Waals surface area contributed by atoms with Crippen molar-refractivity contribution < 1.29 is 38.0 Å². The normalized spacial score (nSPS) is 12.5. The Hall–Kier alpha value is -6.00. The minimum Gasteiger partial charge on any atom is -0.491 e. The average Bonchev–Trinajstić information content (AvgIpc) is 3.70. The van der Waals surface area contributed by atoms with Gasteiger partial charge in [-0.05, 0) is 51.4 Å². The van der Waals surface area contributed by atoms with E-state index in [0.717, 1.165) is 22.3 Å². The molecule has 0 aliphatic heterocycles. The van der Waals surface area contributed by atoms with Crippen LogP contribution < -0.4 is 24.8 Å². The third kappa shape index (κ3) is 8.61. The predicted molar refractivity (Wildman–Crippen MR) is 206 cm³/mol. The van der Waals surface area contributed by atoms with Crippen molar-refractivity contribution in [2.75, 3.05) is 59.3 Å². The highest BCUT2D eigenvalue weighted by Crippen LogP contribution is 2.45. The lowest BCUT2D eigenvalue weighted by Crippen LogP contribution is -2.30. The van der Waals surface area contributed by atoms with Gasteiger partial charge < -0.3 is 39.1 Å². The summed E-state index contributed by atoms with van der Waals surface area (Å²) in [6.45, 7) is 4.61. The van der Waals surface area contributed by atoms with Crippen molar-refractivity contribution in [3.8, 4) is 39.5 Å². The highest BCUT2D eigenvalue weighted by atomic mass is 16.6. The molecule has 54 heavy (non-hydrogen) atoms. The van der Waals surface area contributed by atoms with Crippen LogP contribution in [0.15, 0.2) is 115 Å². The SMILES string of the molecule is CCOCCOc1cc(OCCNC(=O)OCC2c3ccccc3-c3ccccc32)cc(OCCNC(=O)OCC2c3ccccc3-c3ccccc32)c1. The molecule has 2 amide bonds. The molecular formula is C44H44N2O8. The summed E-state index contributed by atoms with van der Waals surface area (Å²) < 4.78 is 34.5. The molecule has 0 spiro atoms. The van der Waals surface area contributed by atoms with Crippen LogP contribution in [0.2, 0.25) is 0 Å². The molecule has 0 fully saturated rings. The number of amides is 2. The van der Waals surface area contributed by atoms with E-state index >= 15 is 0 Å². The standard InChI is InChI=1S/C44H44N2O8/c1-2-49-23-24-52-32-26-30(50-21-19-45-43(47)53-28-41-37-15-7-3-11-33(37)34-12-4-8-16-38(34)41)25-31(27-32)51-22-20-46-44(48)54-29-42-39-17-9-5-13-35(39)36-14-6-10-18-40(36)42/h3-18,25-27,41-42H,2,19-24,28-29H2,1H3,(H,45,47)(H,46,48). The van der Waals surface area contributed by atoms with E-state index in [1.807, 2.05) is 55.5 Å². The van der Waals surface area contributed by atoms with Gasteiger partial charge in [-0.1, -0.05) is 97.1 Å². The largest absolute Gasteiger partial charge is 0.491 e. The molecule has 0 unspecified atom stereocenters. The molecule has 2 aliphatic rings. The summed E-state index contributed by atoms with van der Waals surface area (Å²) in [4.78, 5) is 25.3. The number of benzene rings is 5. The highest BCUT2D eigenvalue weighted by molar-refractivity contribution is 5.80. The van der Waals surface area contributed by atoms with E-state index in [9.17, 15) is 9.59 Å². The van der Waals surface area contributed by atoms with Crippen molar-refractivity contribution in [1.82, 2.24) is 10.6 Å². The zero-order valence-corrected chi connectivity index (χ0v) is 30.3. The number of ether oxygens (including phenoxy) is 6. The molecule has 2 aliphatic carbocycles. The van der Waals surface area contributed by atoms with Crippen LogP contribution in [0.25, 0.3) is 22.3 Å². The molecule has 0 radical (unpaired) electrons. The second-order valence-electron chi connectivity index (χ2n) is 12.9. The Bertz CT molecular complexity index is 1840. The molecule has 5 aromatic carbocycles. The molecule has 278 valence electrons. The summed E-state index contributed by atoms with van der Waals surface area (Å²) in [5.41, 5.74) is 9.33. The fourth-order valence-electron chi connectivity index (χ4n) is 7.10. The number of alkyl carbamates (subject to hydrolysis) is 2. The Labute approximate surface area is 315 Å². The molecule has 10 heteroatoms. The lowest BCUT2D eigenvalue weighted by molar-refractivity contribution is 0.110. The first-order chi connectivity index (χ1) is 26.6. The van der Waals surface area contributed by atoms with Gasteiger partial charge in [0.25, 0.3) is 0 Å². The third-order valence-corrected chi connectivity index (χ3v) is 9.52. The van der Waals surface area contributed by atoms with Crippen molar-refractivity contribution in [2.24, 2.45) is 0 Å². The maximum Gasteiger partial charge on any atom is 0.407 e. The van der Waals surface area contributed by atoms with Gasteiger partial charge in [-0.2, -0.15) is 0 Å². The summed E-state index contributed by atoms with van der Waals surface area (Å²) in [6.07, 6.45) is -1.03. The summed E-state index contributed by atoms with van der Waals surface area (Å²) in [7, 11) is 0. The van der Waals surface area contributed by atoms with E-state index in [4.69, 9.17) is 28.4 Å². The van der Waals surface area contributed by atoms with Crippen LogP contribution in [0.5, 0.6) is 17.2 Å². The highest BCUT2D eigenvalue weighted by Gasteiger charge is 2.30. The zero-order chi connectivity index (χ0) is 37.1. The van der Waals surface area contributed by atoms with Crippen LogP contribution in [0.3, 0.4) is 0 Å². The zero-order valence-electron chi connectivity index (χ0n) is 30.3. The summed E-state index contributed by atoms with van der Waals surface area (Å²) in [5.74, 6) is 1.50. The van der Waals surface area contributed by atoms with Gasteiger partial charge in [0.15, 0.2) is 0 Å². The second-order valence-corrected chi connectivity index (χ2v) is 12.9. The van der Waals surface area contributed by atoms with Crippen LogP contribution in [-0.4, -0.2) is 71.5 Å². The summed E-state index contributed by atoms with van der Waals surface area (Å²) >= 11 is 0. The van der Waals surface area contributed by atoms with Crippen molar-refractivity contribution in [2.45, 2.75) is 18.8 Å². The average molecular weight is 729 g/mol. The van der Waals surface area contributed by atoms with Crippen molar-refractivity contribution in [3.05, 3.63) is 138 Å². The number of carbonyl (C=O) groups excluding carboxylic acids is 2. The molecule has 0 saturated heterocycles. The fourth-order valence-corrected chi connectivity index (χ4v) is 7.10. The van der Waals surface area contributed by atoms with E-state index < -0.39 is 12.2 Å². The number of hydrogen-bond acceptors (Lipinski definition) is 8. The molecule has 0 bridgehead atoms. The number of fused-ring (bicyclic) bond motifs is 6. The van der Waals surface area contributed by atoms with E-state index in [-0.39, 0.29) is 51.4 Å². The van der Waals surface area contributed by atoms with Gasteiger partial charge in [0, 0.05) is 36.6 Å². The lowest BCUT2D eigenvalue weighted by Gasteiger charge is -2.16. The van der Waals surface area contributed by atoms with E-state index in [0.29, 0.717) is 37.1 Å². The summed E-state index contributed by atoms with van der Waals surface area (Å²) in [6, 6.07) is 38.1. The lowest BCUT2D eigenvalue weighted by atomic mass is 9.98. The van der Waals surface area contributed by atoms with E-state index in [2.05, 4.69) is 59.2 Å². The number of rotatable bonds is 17. The Morgan fingerprint density at radius 2 is 0.852 bits per heavy atom. The maximum absolute atomic E-state index is 12.6. The van der Waals surface area contributed by atoms with Gasteiger partial charge in [-0.15, -0.1) is 0 Å². The Kier molecular flexibility index (Phi) is 11.9. The summed E-state index contributed by atoms with van der Waals surface area (Å²) in [5, 5.41) is 5.55. The Morgan fingerprint density at radius 1 is 0.500 bits per heavy atom. The van der Waals surface area contributed by atoms with Gasteiger partial charge in [-0.3, -0.25) is 0 Å². The van der Waals surface area contributed by atoms with Crippen molar-refractivity contribution >= 4 is 12.2 Å². The Balaban J connectivity index is 0.863. The van der Waals surface area contributed by atoms with Crippen LogP contribution in [0, 0.1) is 0 Å². The smallest absolute Gasteiger partial charge is 0.407 e. The van der Waals surface area contributed by atoms with Gasteiger partial charge in [0.2, 0.25) is 0 Å². The monoisotopic (exact) mass is 728 g/mol. The van der Waals surface area contributed by atoms with E-state index in [1.54, 1.807) is 18.2 Å². The molecule has 2 N–H and O–H groups in total. The predicted octanol–water partition coefficient (Wildman–Crippen LogP) is 7.94. The fraction of sp³-hybridized carbons (Fsp3) is 0.273. The first-order valence-corrected chi connectivity index (χ1v) is 18.4. The number of nitrogens with one attached hydrogen (secondary N) is 2. The van der Waals surface area contributed by atoms with Crippen LogP contribution in [0.4, 0.5) is 9.59 Å². The number of hydrogen-bond donors (Lipinski definition) is 2. The molecule has 0 heterocycles. The third-order valence-electron chi connectivity index (χ3n) is 9.52. The number of carbonyl (C=O) groups is 2. The molecule has 5 aromatic rings. The van der Waals surface area contributed by atoms with Gasteiger partial charge in [0.1, 0.15) is 50.3 Å². The molecule has 0 saturated carbocycles. The topological polar surface area (TPSA) is 114 Å². The second kappa shape index (κ2) is 17.7. The van der Waals surface area contributed by atoms with E-state index in [1.165, 1.54) is 22.3 Å². The molecule has 10 nitrogen and oxygen atoms in total. The molecular weight excluding hydrogens is 684 g/mol. The first kappa shape index (κ1) is 36.4. The molecule has 0 aromatic heterocycles. The van der Waals surface area contributed by atoms with Gasteiger partial charge in [0.05, 0.1) is 19.7 Å². The van der Waals surface area contributed by atoms with Crippen LogP contribution >= 0.6 is 0 Å². The first-order valence-electron chi connectivity index (χ1n) is 18.4. The maximum atomic E-state index is 12.6. The molecule has 0 atom stereocenters. The van der Waals surface area contributed by atoms with Gasteiger partial charge in [-0.25, -0.2) is 9.59 Å².